The number of ether oxygens (including phenoxy) is 1. The molecule has 2 aromatic carbocycles. The average molecular weight is 462 g/mol. The van der Waals surface area contributed by atoms with Crippen LogP contribution in [0, 0.1) is 25.6 Å². The van der Waals surface area contributed by atoms with Crippen LogP contribution in [0.15, 0.2) is 35.2 Å². The van der Waals surface area contributed by atoms with Crippen molar-refractivity contribution in [1.29, 1.82) is 0 Å². The predicted octanol–water partition coefficient (Wildman–Crippen LogP) is 2.81. The molecule has 2 N–H and O–H groups in total. The van der Waals surface area contributed by atoms with Crippen molar-refractivity contribution in [3.63, 3.8) is 0 Å². The Bertz CT molecular complexity index is 1200. The number of carbonyl (C=O) groups excluding carboxylic acids is 2. The Morgan fingerprint density at radius 2 is 2.00 bits per heavy atom. The maximum atomic E-state index is 13.4. The zero-order valence-corrected chi connectivity index (χ0v) is 18.6. The second-order valence-electron chi connectivity index (χ2n) is 8.10. The number of rotatable bonds is 4. The second-order valence-corrected chi connectivity index (χ2v) is 10.0. The van der Waals surface area contributed by atoms with Crippen molar-refractivity contribution in [3.05, 3.63) is 47.3 Å². The summed E-state index contributed by atoms with van der Waals surface area (Å²) in [5.74, 6) is -1.22. The Balaban J connectivity index is 1.53. The minimum Gasteiger partial charge on any atom is -0.482 e. The molecule has 2 aliphatic rings. The van der Waals surface area contributed by atoms with Crippen molar-refractivity contribution in [3.8, 4) is 5.75 Å². The number of piperidine rings is 1. The van der Waals surface area contributed by atoms with Crippen LogP contribution < -0.4 is 15.4 Å². The van der Waals surface area contributed by atoms with Crippen molar-refractivity contribution in [2.45, 2.75) is 31.6 Å². The van der Waals surface area contributed by atoms with Gasteiger partial charge in [-0.1, -0.05) is 0 Å². The number of hydrogen-bond acceptors (Lipinski definition) is 5. The molecule has 1 atom stereocenters. The van der Waals surface area contributed by atoms with E-state index in [2.05, 4.69) is 10.6 Å². The number of fused-ring (bicyclic) bond motifs is 1. The SMILES string of the molecule is Cc1cc(F)ccc1NC(=O)[C@@H]1CCCN(S(=O)(=O)c2cc3c(cc2C)NC(=O)CO3)C1. The van der Waals surface area contributed by atoms with Gasteiger partial charge in [-0.2, -0.15) is 4.31 Å². The number of nitrogens with zero attached hydrogens (tertiary/aromatic N) is 1. The summed E-state index contributed by atoms with van der Waals surface area (Å²) in [6.45, 7) is 3.52. The van der Waals surface area contributed by atoms with Crippen molar-refractivity contribution in [1.82, 2.24) is 4.31 Å². The number of carbonyl (C=O) groups is 2. The molecule has 0 aliphatic carbocycles. The van der Waals surface area contributed by atoms with Crippen LogP contribution in [0.3, 0.4) is 0 Å². The molecule has 0 bridgehead atoms. The van der Waals surface area contributed by atoms with E-state index in [9.17, 15) is 22.4 Å². The van der Waals surface area contributed by atoms with Gasteiger partial charge in [-0.25, -0.2) is 12.8 Å². The summed E-state index contributed by atoms with van der Waals surface area (Å²) in [6.07, 6.45) is 1.09. The van der Waals surface area contributed by atoms with E-state index < -0.39 is 15.9 Å². The minimum absolute atomic E-state index is 0.0442. The zero-order valence-electron chi connectivity index (χ0n) is 17.8. The molecular formula is C22H24FN3O5S. The van der Waals surface area contributed by atoms with E-state index in [-0.39, 0.29) is 35.7 Å². The fraction of sp³-hybridized carbons (Fsp3) is 0.364. The number of hydrogen-bond donors (Lipinski definition) is 2. The van der Waals surface area contributed by atoms with Crippen LogP contribution in [-0.4, -0.2) is 44.2 Å². The number of anilines is 2. The normalized spacial score (nSPS) is 19.0. The Hall–Kier alpha value is -2.98. The van der Waals surface area contributed by atoms with E-state index in [1.165, 1.54) is 28.6 Å². The number of aryl methyl sites for hydroxylation is 2. The molecule has 2 amide bonds. The maximum Gasteiger partial charge on any atom is 0.262 e. The summed E-state index contributed by atoms with van der Waals surface area (Å²) in [4.78, 5) is 24.4. The molecule has 2 aromatic rings. The number of benzene rings is 2. The van der Waals surface area contributed by atoms with E-state index in [4.69, 9.17) is 4.74 Å². The second kappa shape index (κ2) is 8.51. The number of nitrogens with one attached hydrogen (secondary N) is 2. The first-order valence-corrected chi connectivity index (χ1v) is 11.7. The largest absolute Gasteiger partial charge is 0.482 e. The summed E-state index contributed by atoms with van der Waals surface area (Å²) in [5, 5.41) is 5.45. The highest BCUT2D eigenvalue weighted by Crippen LogP contribution is 2.35. The molecule has 0 radical (unpaired) electrons. The Labute approximate surface area is 185 Å². The quantitative estimate of drug-likeness (QED) is 0.729. The monoisotopic (exact) mass is 461 g/mol. The van der Waals surface area contributed by atoms with Gasteiger partial charge in [0.05, 0.1) is 16.5 Å². The van der Waals surface area contributed by atoms with Gasteiger partial charge in [-0.15, -0.1) is 0 Å². The lowest BCUT2D eigenvalue weighted by Crippen LogP contribution is -2.44. The minimum atomic E-state index is -3.88. The van der Waals surface area contributed by atoms with Gasteiger partial charge in [0, 0.05) is 24.8 Å². The van der Waals surface area contributed by atoms with E-state index in [0.717, 1.165) is 0 Å². The van der Waals surface area contributed by atoms with Crippen LogP contribution in [0.1, 0.15) is 24.0 Å². The third-order valence-corrected chi connectivity index (χ3v) is 7.74. The lowest BCUT2D eigenvalue weighted by molar-refractivity contribution is -0.121. The number of sulfonamides is 1. The van der Waals surface area contributed by atoms with Crippen LogP contribution in [0.5, 0.6) is 5.75 Å². The summed E-state index contributed by atoms with van der Waals surface area (Å²) in [5.41, 5.74) is 2.00. The molecule has 0 aromatic heterocycles. The fourth-order valence-corrected chi connectivity index (χ4v) is 5.76. The van der Waals surface area contributed by atoms with Crippen molar-refractivity contribution >= 4 is 33.2 Å². The predicted molar refractivity (Wildman–Crippen MR) is 117 cm³/mol. The Morgan fingerprint density at radius 3 is 2.75 bits per heavy atom. The van der Waals surface area contributed by atoms with Gasteiger partial charge in [-0.3, -0.25) is 9.59 Å². The van der Waals surface area contributed by atoms with Gasteiger partial charge < -0.3 is 15.4 Å². The van der Waals surface area contributed by atoms with E-state index in [1.807, 2.05) is 0 Å². The van der Waals surface area contributed by atoms with E-state index >= 15 is 0 Å². The average Bonchev–Trinajstić information content (AvgIpc) is 2.75. The molecule has 0 spiro atoms. The third kappa shape index (κ3) is 4.33. The molecule has 0 saturated carbocycles. The molecule has 2 aliphatic heterocycles. The highest BCUT2D eigenvalue weighted by Gasteiger charge is 2.35. The smallest absolute Gasteiger partial charge is 0.262 e. The molecule has 10 heteroatoms. The van der Waals surface area contributed by atoms with Crippen LogP contribution in [0.25, 0.3) is 0 Å². The topological polar surface area (TPSA) is 105 Å². The first-order valence-electron chi connectivity index (χ1n) is 10.3. The van der Waals surface area contributed by atoms with E-state index in [0.29, 0.717) is 47.6 Å². The molecule has 170 valence electrons. The molecule has 1 fully saturated rings. The third-order valence-electron chi connectivity index (χ3n) is 5.73. The van der Waals surface area contributed by atoms with Gasteiger partial charge in [0.25, 0.3) is 5.91 Å². The molecule has 8 nitrogen and oxygen atoms in total. The molecular weight excluding hydrogens is 437 g/mol. The highest BCUT2D eigenvalue weighted by molar-refractivity contribution is 7.89. The first kappa shape index (κ1) is 22.2. The summed E-state index contributed by atoms with van der Waals surface area (Å²) < 4.78 is 46.8. The van der Waals surface area contributed by atoms with Crippen molar-refractivity contribution in [2.75, 3.05) is 30.3 Å². The van der Waals surface area contributed by atoms with Gasteiger partial charge in [0.1, 0.15) is 11.6 Å². The summed E-state index contributed by atoms with van der Waals surface area (Å²) in [6, 6.07) is 7.09. The molecule has 32 heavy (non-hydrogen) atoms. The highest BCUT2D eigenvalue weighted by atomic mass is 32.2. The van der Waals surface area contributed by atoms with Gasteiger partial charge in [0.15, 0.2) is 6.61 Å². The molecule has 2 heterocycles. The fourth-order valence-electron chi connectivity index (χ4n) is 4.01. The summed E-state index contributed by atoms with van der Waals surface area (Å²) in [7, 11) is -3.88. The zero-order chi connectivity index (χ0) is 23.0. The van der Waals surface area contributed by atoms with Crippen LogP contribution in [0.4, 0.5) is 15.8 Å². The summed E-state index contributed by atoms with van der Waals surface area (Å²) >= 11 is 0. The van der Waals surface area contributed by atoms with Gasteiger partial charge in [0.2, 0.25) is 15.9 Å². The van der Waals surface area contributed by atoms with Gasteiger partial charge >= 0.3 is 0 Å². The standard InChI is InChI=1S/C22H24FN3O5S/c1-13-8-16(23)5-6-17(13)25-22(28)15-4-3-7-26(11-15)32(29,30)20-10-19-18(9-14(20)2)24-21(27)12-31-19/h5-6,8-10,15H,3-4,7,11-12H2,1-2H3,(H,24,27)(H,25,28)/t15-/m1/s1. The number of halogens is 1. The van der Waals surface area contributed by atoms with Gasteiger partial charge in [-0.05, 0) is 62.1 Å². The molecule has 0 unspecified atom stereocenters. The van der Waals surface area contributed by atoms with Crippen LogP contribution >= 0.6 is 0 Å². The van der Waals surface area contributed by atoms with Crippen LogP contribution in [-0.2, 0) is 19.6 Å². The number of amides is 2. The first-order chi connectivity index (χ1) is 15.1. The maximum absolute atomic E-state index is 13.4. The molecule has 1 saturated heterocycles. The lowest BCUT2D eigenvalue weighted by atomic mass is 9.98. The lowest BCUT2D eigenvalue weighted by Gasteiger charge is -2.32. The molecule has 4 rings (SSSR count). The van der Waals surface area contributed by atoms with Crippen LogP contribution in [0.2, 0.25) is 0 Å². The van der Waals surface area contributed by atoms with Crippen molar-refractivity contribution < 1.29 is 27.1 Å². The Kier molecular flexibility index (Phi) is 5.91. The van der Waals surface area contributed by atoms with Crippen molar-refractivity contribution in [2.24, 2.45) is 5.92 Å². The van der Waals surface area contributed by atoms with E-state index in [1.54, 1.807) is 19.9 Å². The Morgan fingerprint density at radius 1 is 1.22 bits per heavy atom.